The standard InChI is InChI=1S/C18H22N2O2/c1-2-13-5-7-14(8-6-13)16(12-21)19-18(22)17-4-3-11-20(17)15-9-10-15/h3-8,11,15-16,21H,2,9-10,12H2,1H3,(H,19,22). The number of hydrogen-bond donors (Lipinski definition) is 2. The monoisotopic (exact) mass is 298 g/mol. The number of nitrogens with zero attached hydrogens (tertiary/aromatic N) is 1. The maximum atomic E-state index is 12.5. The van der Waals surface area contributed by atoms with Gasteiger partial charge in [-0.05, 0) is 42.5 Å². The number of aromatic nitrogens is 1. The van der Waals surface area contributed by atoms with Gasteiger partial charge in [0.1, 0.15) is 5.69 Å². The summed E-state index contributed by atoms with van der Waals surface area (Å²) in [6, 6.07) is 11.8. The van der Waals surface area contributed by atoms with Crippen LogP contribution in [0.4, 0.5) is 0 Å². The van der Waals surface area contributed by atoms with Gasteiger partial charge in [0, 0.05) is 12.2 Å². The topological polar surface area (TPSA) is 54.3 Å². The van der Waals surface area contributed by atoms with Crippen LogP contribution in [0.3, 0.4) is 0 Å². The molecule has 0 spiro atoms. The summed E-state index contributed by atoms with van der Waals surface area (Å²) in [6.45, 7) is 1.99. The molecule has 4 nitrogen and oxygen atoms in total. The lowest BCUT2D eigenvalue weighted by atomic mass is 10.0. The molecule has 1 atom stereocenters. The van der Waals surface area contributed by atoms with Gasteiger partial charge in [0.15, 0.2) is 0 Å². The fourth-order valence-electron chi connectivity index (χ4n) is 2.71. The minimum absolute atomic E-state index is 0.110. The van der Waals surface area contributed by atoms with Crippen LogP contribution in [0.25, 0.3) is 0 Å². The summed E-state index contributed by atoms with van der Waals surface area (Å²) in [5.74, 6) is -0.129. The average molecular weight is 298 g/mol. The Morgan fingerprint density at radius 3 is 2.64 bits per heavy atom. The SMILES string of the molecule is CCc1ccc(C(CO)NC(=O)c2cccn2C2CC2)cc1. The first kappa shape index (κ1) is 14.9. The highest BCUT2D eigenvalue weighted by Crippen LogP contribution is 2.36. The lowest BCUT2D eigenvalue weighted by Crippen LogP contribution is -2.32. The lowest BCUT2D eigenvalue weighted by Gasteiger charge is -2.18. The summed E-state index contributed by atoms with van der Waals surface area (Å²) in [5, 5.41) is 12.6. The highest BCUT2D eigenvalue weighted by Gasteiger charge is 2.27. The molecule has 4 heteroatoms. The van der Waals surface area contributed by atoms with E-state index in [0.29, 0.717) is 11.7 Å². The van der Waals surface area contributed by atoms with E-state index in [0.717, 1.165) is 24.8 Å². The van der Waals surface area contributed by atoms with Crippen LogP contribution in [-0.4, -0.2) is 22.2 Å². The summed E-state index contributed by atoms with van der Waals surface area (Å²) in [7, 11) is 0. The largest absolute Gasteiger partial charge is 0.394 e. The molecular weight excluding hydrogens is 276 g/mol. The molecule has 3 rings (SSSR count). The predicted octanol–water partition coefficient (Wildman–Crippen LogP) is 2.85. The van der Waals surface area contributed by atoms with Gasteiger partial charge in [0.2, 0.25) is 0 Å². The van der Waals surface area contributed by atoms with Gasteiger partial charge in [-0.1, -0.05) is 31.2 Å². The Morgan fingerprint density at radius 2 is 2.05 bits per heavy atom. The first-order valence-electron chi connectivity index (χ1n) is 7.90. The number of carbonyl (C=O) groups excluding carboxylic acids is 1. The molecule has 2 N–H and O–H groups in total. The van der Waals surface area contributed by atoms with E-state index in [1.54, 1.807) is 0 Å². The second-order valence-electron chi connectivity index (χ2n) is 5.84. The fraction of sp³-hybridized carbons (Fsp3) is 0.389. The summed E-state index contributed by atoms with van der Waals surface area (Å²) in [4.78, 5) is 12.5. The van der Waals surface area contributed by atoms with Crippen molar-refractivity contribution in [3.63, 3.8) is 0 Å². The van der Waals surface area contributed by atoms with E-state index in [1.165, 1.54) is 5.56 Å². The summed E-state index contributed by atoms with van der Waals surface area (Å²) in [5.41, 5.74) is 2.85. The Morgan fingerprint density at radius 1 is 1.32 bits per heavy atom. The molecule has 1 amide bonds. The van der Waals surface area contributed by atoms with E-state index in [4.69, 9.17) is 0 Å². The van der Waals surface area contributed by atoms with Crippen molar-refractivity contribution in [3.05, 3.63) is 59.4 Å². The second kappa shape index (κ2) is 6.36. The Bertz CT molecular complexity index is 641. The number of nitrogens with one attached hydrogen (secondary N) is 1. The van der Waals surface area contributed by atoms with Gasteiger partial charge < -0.3 is 15.0 Å². The number of carbonyl (C=O) groups is 1. The van der Waals surface area contributed by atoms with Crippen LogP contribution in [0.15, 0.2) is 42.6 Å². The molecule has 1 aromatic carbocycles. The summed E-state index contributed by atoms with van der Waals surface area (Å²) in [6.07, 6.45) is 5.20. The Kier molecular flexibility index (Phi) is 4.29. The predicted molar refractivity (Wildman–Crippen MR) is 85.8 cm³/mol. The number of hydrogen-bond acceptors (Lipinski definition) is 2. The normalized spacial score (nSPS) is 15.5. The fourth-order valence-corrected chi connectivity index (χ4v) is 2.71. The van der Waals surface area contributed by atoms with Crippen LogP contribution in [0.5, 0.6) is 0 Å². The summed E-state index contributed by atoms with van der Waals surface area (Å²) >= 11 is 0. The van der Waals surface area contributed by atoms with Crippen LogP contribution >= 0.6 is 0 Å². The number of aliphatic hydroxyl groups is 1. The Balaban J connectivity index is 1.73. The molecule has 1 heterocycles. The molecule has 1 aliphatic carbocycles. The molecule has 0 bridgehead atoms. The molecule has 1 saturated carbocycles. The van der Waals surface area contributed by atoms with Gasteiger partial charge in [-0.15, -0.1) is 0 Å². The smallest absolute Gasteiger partial charge is 0.268 e. The molecule has 22 heavy (non-hydrogen) atoms. The highest BCUT2D eigenvalue weighted by atomic mass is 16.3. The maximum absolute atomic E-state index is 12.5. The number of aryl methyl sites for hydroxylation is 1. The molecule has 1 aromatic heterocycles. The Hall–Kier alpha value is -2.07. The molecule has 1 unspecified atom stereocenters. The third kappa shape index (κ3) is 3.07. The van der Waals surface area contributed by atoms with Gasteiger partial charge >= 0.3 is 0 Å². The van der Waals surface area contributed by atoms with Crippen molar-refractivity contribution in [2.45, 2.75) is 38.3 Å². The second-order valence-corrected chi connectivity index (χ2v) is 5.84. The molecule has 1 aliphatic rings. The first-order chi connectivity index (χ1) is 10.7. The van der Waals surface area contributed by atoms with Crippen LogP contribution in [0.1, 0.15) is 53.5 Å². The summed E-state index contributed by atoms with van der Waals surface area (Å²) < 4.78 is 2.03. The zero-order chi connectivity index (χ0) is 15.5. The zero-order valence-corrected chi connectivity index (χ0v) is 12.8. The molecule has 1 fully saturated rings. The van der Waals surface area contributed by atoms with Gasteiger partial charge in [0.05, 0.1) is 12.6 Å². The van der Waals surface area contributed by atoms with E-state index in [2.05, 4.69) is 12.2 Å². The van der Waals surface area contributed by atoms with E-state index < -0.39 is 0 Å². The number of benzene rings is 1. The van der Waals surface area contributed by atoms with Crippen molar-refractivity contribution in [1.82, 2.24) is 9.88 Å². The number of rotatable bonds is 6. The van der Waals surface area contributed by atoms with Crippen molar-refractivity contribution in [2.75, 3.05) is 6.61 Å². The van der Waals surface area contributed by atoms with Crippen molar-refractivity contribution in [1.29, 1.82) is 0 Å². The van der Waals surface area contributed by atoms with Crippen LogP contribution < -0.4 is 5.32 Å². The molecular formula is C18H22N2O2. The van der Waals surface area contributed by atoms with Crippen molar-refractivity contribution >= 4 is 5.91 Å². The quantitative estimate of drug-likeness (QED) is 0.861. The molecule has 0 aliphatic heterocycles. The van der Waals surface area contributed by atoms with Gasteiger partial charge in [0.25, 0.3) is 5.91 Å². The van der Waals surface area contributed by atoms with Crippen molar-refractivity contribution < 1.29 is 9.90 Å². The first-order valence-corrected chi connectivity index (χ1v) is 7.90. The number of aliphatic hydroxyl groups excluding tert-OH is 1. The van der Waals surface area contributed by atoms with E-state index >= 15 is 0 Å². The van der Waals surface area contributed by atoms with Crippen molar-refractivity contribution in [3.8, 4) is 0 Å². The van der Waals surface area contributed by atoms with E-state index in [9.17, 15) is 9.90 Å². The van der Waals surface area contributed by atoms with E-state index in [-0.39, 0.29) is 18.6 Å². The minimum Gasteiger partial charge on any atom is -0.394 e. The highest BCUT2D eigenvalue weighted by molar-refractivity contribution is 5.93. The molecule has 0 saturated heterocycles. The maximum Gasteiger partial charge on any atom is 0.268 e. The Labute approximate surface area is 130 Å². The van der Waals surface area contributed by atoms with Crippen LogP contribution in [0, 0.1) is 0 Å². The van der Waals surface area contributed by atoms with Gasteiger partial charge in [-0.25, -0.2) is 0 Å². The zero-order valence-electron chi connectivity index (χ0n) is 12.8. The third-order valence-electron chi connectivity index (χ3n) is 4.23. The number of amides is 1. The third-order valence-corrected chi connectivity index (χ3v) is 4.23. The molecule has 116 valence electrons. The van der Waals surface area contributed by atoms with Crippen molar-refractivity contribution in [2.24, 2.45) is 0 Å². The lowest BCUT2D eigenvalue weighted by molar-refractivity contribution is 0.0906. The van der Waals surface area contributed by atoms with Gasteiger partial charge in [-0.2, -0.15) is 0 Å². The minimum atomic E-state index is -0.374. The molecule has 2 aromatic rings. The van der Waals surface area contributed by atoms with Gasteiger partial charge in [-0.3, -0.25) is 4.79 Å². The van der Waals surface area contributed by atoms with Crippen LogP contribution in [-0.2, 0) is 6.42 Å². The average Bonchev–Trinajstić information content (AvgIpc) is 3.29. The van der Waals surface area contributed by atoms with E-state index in [1.807, 2.05) is 47.2 Å². The van der Waals surface area contributed by atoms with Crippen LogP contribution in [0.2, 0.25) is 0 Å². The molecule has 0 radical (unpaired) electrons.